The van der Waals surface area contributed by atoms with Crippen molar-refractivity contribution in [2.24, 2.45) is 0 Å². The molecule has 0 spiro atoms. The van der Waals surface area contributed by atoms with E-state index in [1.54, 1.807) is 11.3 Å². The van der Waals surface area contributed by atoms with Gasteiger partial charge in [-0.05, 0) is 33.8 Å². The predicted molar refractivity (Wildman–Crippen MR) is 65.9 cm³/mol. The minimum absolute atomic E-state index is 0.129. The third kappa shape index (κ3) is 3.03. The number of rotatable bonds is 3. The van der Waals surface area contributed by atoms with Gasteiger partial charge in [-0.25, -0.2) is 8.42 Å². The van der Waals surface area contributed by atoms with Gasteiger partial charge in [0.05, 0.1) is 11.5 Å². The zero-order valence-electron chi connectivity index (χ0n) is 8.07. The fraction of sp³-hybridized carbons (Fsp3) is 0.556. The first-order chi connectivity index (χ1) is 7.07. The monoisotopic (exact) mass is 309 g/mol. The number of halogens is 1. The van der Waals surface area contributed by atoms with Crippen molar-refractivity contribution in [2.75, 3.05) is 11.5 Å². The normalized spacial score (nSPS) is 24.5. The minimum atomic E-state index is -2.77. The third-order valence-electron chi connectivity index (χ3n) is 2.47. The van der Waals surface area contributed by atoms with Gasteiger partial charge in [0.2, 0.25) is 0 Å². The molecular weight excluding hydrogens is 298 g/mol. The molecule has 6 heteroatoms. The van der Waals surface area contributed by atoms with Crippen LogP contribution >= 0.6 is 27.3 Å². The van der Waals surface area contributed by atoms with Crippen molar-refractivity contribution in [3.8, 4) is 0 Å². The van der Waals surface area contributed by atoms with Crippen LogP contribution in [0.3, 0.4) is 0 Å². The molecule has 0 aliphatic carbocycles. The topological polar surface area (TPSA) is 46.2 Å². The second-order valence-electron chi connectivity index (χ2n) is 3.67. The second-order valence-corrected chi connectivity index (χ2v) is 7.76. The number of hydrogen-bond acceptors (Lipinski definition) is 4. The molecule has 0 bridgehead atoms. The van der Waals surface area contributed by atoms with Gasteiger partial charge < -0.3 is 5.32 Å². The van der Waals surface area contributed by atoms with E-state index in [1.165, 1.54) is 4.88 Å². The summed E-state index contributed by atoms with van der Waals surface area (Å²) in [6.07, 6.45) is 0.741. The maximum Gasteiger partial charge on any atom is 0.151 e. The van der Waals surface area contributed by atoms with Crippen LogP contribution in [0.25, 0.3) is 0 Å². The molecule has 3 nitrogen and oxygen atoms in total. The molecule has 1 saturated heterocycles. The zero-order chi connectivity index (χ0) is 10.9. The highest BCUT2D eigenvalue weighted by molar-refractivity contribution is 9.10. The van der Waals surface area contributed by atoms with E-state index in [0.717, 1.165) is 17.4 Å². The Kier molecular flexibility index (Phi) is 3.49. The quantitative estimate of drug-likeness (QED) is 0.926. The molecule has 15 heavy (non-hydrogen) atoms. The summed E-state index contributed by atoms with van der Waals surface area (Å²) in [5.41, 5.74) is 0. The number of thiophene rings is 1. The van der Waals surface area contributed by atoms with Crippen LogP contribution in [0.4, 0.5) is 0 Å². The van der Waals surface area contributed by atoms with Gasteiger partial charge in [-0.15, -0.1) is 11.3 Å². The van der Waals surface area contributed by atoms with E-state index in [-0.39, 0.29) is 11.8 Å². The lowest BCUT2D eigenvalue weighted by atomic mass is 10.2. The minimum Gasteiger partial charge on any atom is -0.308 e. The van der Waals surface area contributed by atoms with E-state index in [1.807, 2.05) is 11.4 Å². The molecule has 1 fully saturated rings. The second kappa shape index (κ2) is 4.53. The number of nitrogens with one attached hydrogen (secondary N) is 1. The lowest BCUT2D eigenvalue weighted by Crippen LogP contribution is -2.29. The van der Waals surface area contributed by atoms with Crippen molar-refractivity contribution in [3.63, 3.8) is 0 Å². The maximum absolute atomic E-state index is 11.2. The molecule has 2 rings (SSSR count). The van der Waals surface area contributed by atoms with Crippen LogP contribution in [-0.4, -0.2) is 26.0 Å². The van der Waals surface area contributed by atoms with Gasteiger partial charge in [0, 0.05) is 21.9 Å². The largest absolute Gasteiger partial charge is 0.308 e. The standard InChI is InChI=1S/C9H12BrNO2S2/c10-8-1-3-14-9(8)5-11-7-2-4-15(12,13)6-7/h1,3,7,11H,2,4-6H2/t7-/m1/s1. The first-order valence-electron chi connectivity index (χ1n) is 4.72. The molecule has 1 aromatic heterocycles. The van der Waals surface area contributed by atoms with E-state index in [9.17, 15) is 8.42 Å². The zero-order valence-corrected chi connectivity index (χ0v) is 11.3. The van der Waals surface area contributed by atoms with Gasteiger partial charge in [0.25, 0.3) is 0 Å². The molecule has 1 aromatic rings. The Hall–Kier alpha value is 0.0900. The Balaban J connectivity index is 1.88. The van der Waals surface area contributed by atoms with E-state index < -0.39 is 9.84 Å². The molecule has 1 aliphatic heterocycles. The van der Waals surface area contributed by atoms with Crippen molar-refractivity contribution < 1.29 is 8.42 Å². The highest BCUT2D eigenvalue weighted by Crippen LogP contribution is 2.23. The Morgan fingerprint density at radius 3 is 2.93 bits per heavy atom. The van der Waals surface area contributed by atoms with Crippen LogP contribution in [0, 0.1) is 0 Å². The molecule has 0 aromatic carbocycles. The molecule has 0 amide bonds. The van der Waals surface area contributed by atoms with Crippen LogP contribution in [0.2, 0.25) is 0 Å². The summed E-state index contributed by atoms with van der Waals surface area (Å²) >= 11 is 5.12. The van der Waals surface area contributed by atoms with Crippen LogP contribution in [-0.2, 0) is 16.4 Å². The molecule has 0 saturated carbocycles. The van der Waals surface area contributed by atoms with Crippen molar-refractivity contribution in [1.82, 2.24) is 5.32 Å². The fourth-order valence-electron chi connectivity index (χ4n) is 1.64. The highest BCUT2D eigenvalue weighted by atomic mass is 79.9. The number of hydrogen-bond donors (Lipinski definition) is 1. The summed E-state index contributed by atoms with van der Waals surface area (Å²) < 4.78 is 23.5. The molecule has 0 unspecified atom stereocenters. The van der Waals surface area contributed by atoms with E-state index >= 15 is 0 Å². The number of sulfone groups is 1. The summed E-state index contributed by atoms with van der Waals surface area (Å²) in [5.74, 6) is 0.617. The molecule has 1 aliphatic rings. The van der Waals surface area contributed by atoms with Gasteiger partial charge in [0.15, 0.2) is 9.84 Å². The Morgan fingerprint density at radius 2 is 2.40 bits per heavy atom. The molecule has 1 N–H and O–H groups in total. The van der Waals surface area contributed by atoms with Crippen LogP contribution in [0.5, 0.6) is 0 Å². The van der Waals surface area contributed by atoms with Gasteiger partial charge in [0.1, 0.15) is 0 Å². The third-order valence-corrected chi connectivity index (χ3v) is 6.17. The summed E-state index contributed by atoms with van der Waals surface area (Å²) in [7, 11) is -2.77. The van der Waals surface area contributed by atoms with Crippen molar-refractivity contribution in [1.29, 1.82) is 0 Å². The summed E-state index contributed by atoms with van der Waals surface area (Å²) in [6, 6.07) is 2.14. The van der Waals surface area contributed by atoms with E-state index in [4.69, 9.17) is 0 Å². The molecule has 1 atom stereocenters. The SMILES string of the molecule is O=S1(=O)CC[C@@H](NCc2sccc2Br)C1. The Morgan fingerprint density at radius 1 is 1.60 bits per heavy atom. The molecule has 2 heterocycles. The van der Waals surface area contributed by atoms with Crippen LogP contribution < -0.4 is 5.32 Å². The maximum atomic E-state index is 11.2. The fourth-order valence-corrected chi connectivity index (χ4v) is 4.80. The van der Waals surface area contributed by atoms with Crippen molar-refractivity contribution in [3.05, 3.63) is 20.8 Å². The van der Waals surface area contributed by atoms with Gasteiger partial charge >= 0.3 is 0 Å². The van der Waals surface area contributed by atoms with Gasteiger partial charge in [-0.2, -0.15) is 0 Å². The summed E-state index contributed by atoms with van der Waals surface area (Å²) in [4.78, 5) is 1.22. The first-order valence-corrected chi connectivity index (χ1v) is 8.22. The highest BCUT2D eigenvalue weighted by Gasteiger charge is 2.27. The lowest BCUT2D eigenvalue weighted by molar-refractivity contribution is 0.557. The van der Waals surface area contributed by atoms with E-state index in [2.05, 4.69) is 21.2 Å². The molecule has 84 valence electrons. The summed E-state index contributed by atoms with van der Waals surface area (Å²) in [6.45, 7) is 0.748. The first kappa shape index (κ1) is 11.6. The molecular formula is C9H12BrNO2S2. The Labute approximate surface area is 102 Å². The van der Waals surface area contributed by atoms with Crippen LogP contribution in [0.1, 0.15) is 11.3 Å². The van der Waals surface area contributed by atoms with Gasteiger partial charge in [-0.3, -0.25) is 0 Å². The predicted octanol–water partition coefficient (Wildman–Crippen LogP) is 1.79. The van der Waals surface area contributed by atoms with Crippen molar-refractivity contribution >= 4 is 37.1 Å². The Bertz CT molecular complexity index is 441. The smallest absolute Gasteiger partial charge is 0.151 e. The lowest BCUT2D eigenvalue weighted by Gasteiger charge is -2.09. The van der Waals surface area contributed by atoms with E-state index in [0.29, 0.717) is 5.75 Å². The van der Waals surface area contributed by atoms with Crippen molar-refractivity contribution in [2.45, 2.75) is 19.0 Å². The average molecular weight is 310 g/mol. The average Bonchev–Trinajstić information content (AvgIpc) is 2.69. The van der Waals surface area contributed by atoms with Crippen LogP contribution in [0.15, 0.2) is 15.9 Å². The van der Waals surface area contributed by atoms with Gasteiger partial charge in [-0.1, -0.05) is 0 Å². The summed E-state index contributed by atoms with van der Waals surface area (Å²) in [5, 5.41) is 5.30. The molecule has 0 radical (unpaired) electrons.